The van der Waals surface area contributed by atoms with E-state index in [1.165, 1.54) is 0 Å². The zero-order valence-corrected chi connectivity index (χ0v) is 9.77. The summed E-state index contributed by atoms with van der Waals surface area (Å²) in [5.74, 6) is -0.408. The van der Waals surface area contributed by atoms with Gasteiger partial charge in [0, 0.05) is 31.5 Å². The number of carbonyl (C=O) groups is 1. The first kappa shape index (κ1) is 11.9. The number of ether oxygens (including phenoxy) is 1. The van der Waals surface area contributed by atoms with E-state index in [1.54, 1.807) is 19.2 Å². The molecule has 1 unspecified atom stereocenters. The predicted molar refractivity (Wildman–Crippen MR) is 66.0 cm³/mol. The maximum absolute atomic E-state index is 10.9. The maximum Gasteiger partial charge on any atom is 0.248 e. The van der Waals surface area contributed by atoms with Gasteiger partial charge < -0.3 is 21.1 Å². The fourth-order valence-electron chi connectivity index (χ4n) is 1.99. The molecule has 2 rings (SSSR count). The molecule has 1 amide bonds. The third-order valence-electron chi connectivity index (χ3n) is 2.98. The molecule has 0 aromatic heterocycles. The second-order valence-electron chi connectivity index (χ2n) is 4.12. The molecule has 0 bridgehead atoms. The summed E-state index contributed by atoms with van der Waals surface area (Å²) in [6, 6.07) is 7.39. The lowest BCUT2D eigenvalue weighted by atomic mass is 10.1. The molecular formula is C12H17N3O2. The summed E-state index contributed by atoms with van der Waals surface area (Å²) in [7, 11) is 1.71. The Balaban J connectivity index is 2.01. The molecule has 92 valence electrons. The summed E-state index contributed by atoms with van der Waals surface area (Å²) in [4.78, 5) is 10.9. The van der Waals surface area contributed by atoms with Crippen LogP contribution < -0.4 is 16.4 Å². The number of benzene rings is 1. The zero-order valence-electron chi connectivity index (χ0n) is 9.77. The van der Waals surface area contributed by atoms with E-state index in [0.29, 0.717) is 5.56 Å². The largest absolute Gasteiger partial charge is 0.378 e. The third kappa shape index (κ3) is 2.75. The Morgan fingerprint density at radius 1 is 1.41 bits per heavy atom. The second-order valence-corrected chi connectivity index (χ2v) is 4.12. The fraction of sp³-hybridized carbons (Fsp3) is 0.417. The number of anilines is 1. The summed E-state index contributed by atoms with van der Waals surface area (Å²) in [6.07, 6.45) is 0.172. The first-order valence-electron chi connectivity index (χ1n) is 5.60. The molecule has 4 N–H and O–H groups in total. The number of rotatable bonds is 4. The first-order chi connectivity index (χ1) is 8.20. The number of hydrogen-bond donors (Lipinski definition) is 3. The van der Waals surface area contributed by atoms with E-state index in [9.17, 15) is 4.79 Å². The minimum absolute atomic E-state index is 0.172. The smallest absolute Gasteiger partial charge is 0.248 e. The van der Waals surface area contributed by atoms with Crippen molar-refractivity contribution < 1.29 is 9.53 Å². The van der Waals surface area contributed by atoms with Crippen molar-refractivity contribution in [3.05, 3.63) is 29.8 Å². The first-order valence-corrected chi connectivity index (χ1v) is 5.60. The van der Waals surface area contributed by atoms with Crippen molar-refractivity contribution >= 4 is 11.6 Å². The number of primary amides is 1. The Kier molecular flexibility index (Phi) is 3.61. The molecule has 17 heavy (non-hydrogen) atoms. The van der Waals surface area contributed by atoms with Crippen LogP contribution in [-0.2, 0) is 4.74 Å². The highest BCUT2D eigenvalue weighted by atomic mass is 16.5. The summed E-state index contributed by atoms with van der Waals surface area (Å²) in [5.41, 5.74) is 6.66. The molecule has 0 aliphatic carbocycles. The van der Waals surface area contributed by atoms with Crippen LogP contribution in [0.3, 0.4) is 0 Å². The number of nitrogens with two attached hydrogens (primary N) is 1. The van der Waals surface area contributed by atoms with Gasteiger partial charge in [-0.05, 0) is 24.3 Å². The predicted octanol–water partition coefficient (Wildman–Crippen LogP) is 0.184. The lowest BCUT2D eigenvalue weighted by molar-refractivity contribution is 0.1000. The van der Waals surface area contributed by atoms with Crippen molar-refractivity contribution in [3.63, 3.8) is 0 Å². The molecule has 0 saturated carbocycles. The minimum atomic E-state index is -0.408. The van der Waals surface area contributed by atoms with Crippen molar-refractivity contribution in [2.24, 2.45) is 5.73 Å². The van der Waals surface area contributed by atoms with Crippen LogP contribution in [0.25, 0.3) is 0 Å². The van der Waals surface area contributed by atoms with Crippen LogP contribution in [0.4, 0.5) is 5.69 Å². The Morgan fingerprint density at radius 2 is 2.12 bits per heavy atom. The van der Waals surface area contributed by atoms with Crippen LogP contribution in [0.1, 0.15) is 10.4 Å². The quantitative estimate of drug-likeness (QED) is 0.696. The Hall–Kier alpha value is -1.59. The normalized spacial score (nSPS) is 23.6. The molecule has 1 aromatic carbocycles. The monoisotopic (exact) mass is 235 g/mol. The number of hydrogen-bond acceptors (Lipinski definition) is 4. The summed E-state index contributed by atoms with van der Waals surface area (Å²) >= 11 is 0. The molecular weight excluding hydrogens is 218 g/mol. The number of methoxy groups -OCH3 is 1. The van der Waals surface area contributed by atoms with Gasteiger partial charge in [0.1, 0.15) is 0 Å². The molecule has 0 spiro atoms. The van der Waals surface area contributed by atoms with E-state index in [2.05, 4.69) is 10.6 Å². The van der Waals surface area contributed by atoms with Crippen LogP contribution in [0.5, 0.6) is 0 Å². The van der Waals surface area contributed by atoms with Gasteiger partial charge in [-0.25, -0.2) is 0 Å². The molecule has 1 fully saturated rings. The molecule has 1 aliphatic heterocycles. The Bertz CT molecular complexity index is 391. The molecule has 1 heterocycles. The Labute approximate surface area is 100 Å². The molecule has 0 radical (unpaired) electrons. The highest BCUT2D eigenvalue weighted by Crippen LogP contribution is 2.14. The summed E-state index contributed by atoms with van der Waals surface area (Å²) in [6.45, 7) is 1.73. The van der Waals surface area contributed by atoms with Crippen LogP contribution in [0, 0.1) is 0 Å². The molecule has 1 aliphatic rings. The van der Waals surface area contributed by atoms with Gasteiger partial charge in [0.25, 0.3) is 0 Å². The van der Waals surface area contributed by atoms with Crippen LogP contribution in [0.2, 0.25) is 0 Å². The van der Waals surface area contributed by atoms with Gasteiger partial charge in [-0.1, -0.05) is 0 Å². The average Bonchev–Trinajstić information content (AvgIpc) is 2.77. The highest BCUT2D eigenvalue weighted by Gasteiger charge is 2.26. The van der Waals surface area contributed by atoms with Gasteiger partial charge in [0.05, 0.1) is 12.1 Å². The standard InChI is InChI=1S/C12H17N3O2/c1-17-11-7-14-6-10(11)15-9-4-2-8(3-5-9)12(13)16/h2-5,10-11,14-15H,6-7H2,1H3,(H2,13,16)/t10?,11-/m0/s1. The SMILES string of the molecule is CO[C@H]1CNCC1Nc1ccc(C(N)=O)cc1. The second kappa shape index (κ2) is 5.16. The van der Waals surface area contributed by atoms with E-state index in [0.717, 1.165) is 18.8 Å². The van der Waals surface area contributed by atoms with Crippen LogP contribution >= 0.6 is 0 Å². The van der Waals surface area contributed by atoms with Gasteiger partial charge >= 0.3 is 0 Å². The minimum Gasteiger partial charge on any atom is -0.378 e. The third-order valence-corrected chi connectivity index (χ3v) is 2.98. The van der Waals surface area contributed by atoms with Crippen LogP contribution in [-0.4, -0.2) is 38.3 Å². The molecule has 1 aromatic rings. The highest BCUT2D eigenvalue weighted by molar-refractivity contribution is 5.93. The van der Waals surface area contributed by atoms with Gasteiger partial charge in [-0.15, -0.1) is 0 Å². The van der Waals surface area contributed by atoms with Crippen molar-refractivity contribution in [3.8, 4) is 0 Å². The van der Waals surface area contributed by atoms with E-state index in [4.69, 9.17) is 10.5 Å². The Morgan fingerprint density at radius 3 is 2.71 bits per heavy atom. The molecule has 2 atom stereocenters. The van der Waals surface area contributed by atoms with Crippen molar-refractivity contribution in [2.45, 2.75) is 12.1 Å². The summed E-state index contributed by atoms with van der Waals surface area (Å²) in [5, 5.41) is 6.63. The van der Waals surface area contributed by atoms with Gasteiger partial charge in [-0.3, -0.25) is 4.79 Å². The molecule has 5 heteroatoms. The molecule has 5 nitrogen and oxygen atoms in total. The summed E-state index contributed by atoms with van der Waals surface area (Å²) < 4.78 is 5.36. The maximum atomic E-state index is 10.9. The average molecular weight is 235 g/mol. The van der Waals surface area contributed by atoms with Crippen molar-refractivity contribution in [2.75, 3.05) is 25.5 Å². The van der Waals surface area contributed by atoms with Crippen molar-refractivity contribution in [1.29, 1.82) is 0 Å². The zero-order chi connectivity index (χ0) is 12.3. The van der Waals surface area contributed by atoms with Crippen molar-refractivity contribution in [1.82, 2.24) is 5.32 Å². The lowest BCUT2D eigenvalue weighted by Gasteiger charge is -2.19. The fourth-order valence-corrected chi connectivity index (χ4v) is 1.99. The van der Waals surface area contributed by atoms with E-state index < -0.39 is 5.91 Å². The van der Waals surface area contributed by atoms with E-state index in [-0.39, 0.29) is 12.1 Å². The number of carbonyl (C=O) groups excluding carboxylic acids is 1. The van der Waals surface area contributed by atoms with Crippen LogP contribution in [0.15, 0.2) is 24.3 Å². The van der Waals surface area contributed by atoms with Gasteiger partial charge in [-0.2, -0.15) is 0 Å². The van der Waals surface area contributed by atoms with E-state index in [1.807, 2.05) is 12.1 Å². The lowest BCUT2D eigenvalue weighted by Crippen LogP contribution is -2.33. The van der Waals surface area contributed by atoms with E-state index >= 15 is 0 Å². The topological polar surface area (TPSA) is 76.4 Å². The number of amides is 1. The number of nitrogens with one attached hydrogen (secondary N) is 2. The molecule has 1 saturated heterocycles. The van der Waals surface area contributed by atoms with Gasteiger partial charge in [0.15, 0.2) is 0 Å². The van der Waals surface area contributed by atoms with Gasteiger partial charge in [0.2, 0.25) is 5.91 Å².